The first kappa shape index (κ1) is 21.6. The molecule has 31 heavy (non-hydrogen) atoms. The summed E-state index contributed by atoms with van der Waals surface area (Å²) in [5.41, 5.74) is 1.58. The summed E-state index contributed by atoms with van der Waals surface area (Å²) in [5.74, 6) is -0.0980. The molecule has 8 heteroatoms. The number of likely N-dealkylation sites (tertiary alicyclic amines) is 1. The molecule has 0 saturated carbocycles. The first-order valence-corrected chi connectivity index (χ1v) is 11.2. The van der Waals surface area contributed by atoms with E-state index in [0.29, 0.717) is 41.5 Å². The van der Waals surface area contributed by atoms with E-state index in [1.54, 1.807) is 36.5 Å². The number of nitrogens with zero attached hydrogens (tertiary/aromatic N) is 3. The summed E-state index contributed by atoms with van der Waals surface area (Å²) in [4.78, 5) is 46.7. The number of aromatic nitrogens is 1. The van der Waals surface area contributed by atoms with Crippen LogP contribution in [0, 0.1) is 0 Å². The van der Waals surface area contributed by atoms with E-state index in [2.05, 4.69) is 9.88 Å². The largest absolute Gasteiger partial charge is 0.356 e. The molecule has 1 aromatic heterocycles. The Morgan fingerprint density at radius 1 is 0.839 bits per heavy atom. The summed E-state index contributed by atoms with van der Waals surface area (Å²) < 4.78 is 0. The lowest BCUT2D eigenvalue weighted by Gasteiger charge is -2.21. The Morgan fingerprint density at radius 2 is 1.58 bits per heavy atom. The molecule has 2 aliphatic heterocycles. The molecule has 0 atom stereocenters. The van der Waals surface area contributed by atoms with Crippen molar-refractivity contribution in [1.82, 2.24) is 19.7 Å². The first-order chi connectivity index (χ1) is 15.0. The SMILES string of the molecule is O=C(CN1CCCN(C(=O)c2cccc(Cl)c2)CC1)c1c[nH]c(C(=O)N2CCCC2)c1. The van der Waals surface area contributed by atoms with Gasteiger partial charge >= 0.3 is 0 Å². The molecule has 7 nitrogen and oxygen atoms in total. The minimum Gasteiger partial charge on any atom is -0.356 e. The molecule has 0 aliphatic carbocycles. The summed E-state index contributed by atoms with van der Waals surface area (Å²) in [7, 11) is 0. The molecular weight excluding hydrogens is 416 g/mol. The number of carbonyl (C=O) groups excluding carboxylic acids is 3. The predicted octanol–water partition coefficient (Wildman–Crippen LogP) is 2.93. The number of H-pyrrole nitrogens is 1. The Kier molecular flexibility index (Phi) is 6.73. The van der Waals surface area contributed by atoms with Gasteiger partial charge in [-0.05, 0) is 43.5 Å². The van der Waals surface area contributed by atoms with Crippen LogP contribution in [-0.2, 0) is 0 Å². The lowest BCUT2D eigenvalue weighted by atomic mass is 10.2. The summed E-state index contributed by atoms with van der Waals surface area (Å²) in [5, 5.41) is 0.543. The van der Waals surface area contributed by atoms with Gasteiger partial charge in [-0.3, -0.25) is 19.3 Å². The molecule has 1 aromatic carbocycles. The molecular formula is C23H27ClN4O3. The van der Waals surface area contributed by atoms with E-state index in [1.807, 2.05) is 9.80 Å². The lowest BCUT2D eigenvalue weighted by Crippen LogP contribution is -2.36. The highest BCUT2D eigenvalue weighted by atomic mass is 35.5. The number of hydrogen-bond acceptors (Lipinski definition) is 4. The molecule has 2 aliphatic rings. The fraction of sp³-hybridized carbons (Fsp3) is 0.435. The molecule has 0 spiro atoms. The molecule has 2 fully saturated rings. The molecule has 3 heterocycles. The highest BCUT2D eigenvalue weighted by Crippen LogP contribution is 2.16. The third-order valence-electron chi connectivity index (χ3n) is 5.94. The van der Waals surface area contributed by atoms with Gasteiger partial charge in [0.25, 0.3) is 11.8 Å². The van der Waals surface area contributed by atoms with Gasteiger partial charge in [-0.1, -0.05) is 17.7 Å². The Labute approximate surface area is 186 Å². The number of halogens is 1. The van der Waals surface area contributed by atoms with Crippen LogP contribution >= 0.6 is 11.6 Å². The van der Waals surface area contributed by atoms with E-state index in [4.69, 9.17) is 11.6 Å². The van der Waals surface area contributed by atoms with Gasteiger partial charge < -0.3 is 14.8 Å². The maximum absolute atomic E-state index is 12.8. The van der Waals surface area contributed by atoms with Gasteiger partial charge in [0.15, 0.2) is 5.78 Å². The van der Waals surface area contributed by atoms with Crippen molar-refractivity contribution >= 4 is 29.2 Å². The predicted molar refractivity (Wildman–Crippen MR) is 119 cm³/mol. The standard InChI is InChI=1S/C23H27ClN4O3/c24-19-6-3-5-17(13-19)22(30)28-10-4-7-26(11-12-28)16-21(29)18-14-20(25-15-18)23(31)27-8-1-2-9-27/h3,5-6,13-15,25H,1-2,4,7-12,16H2. The van der Waals surface area contributed by atoms with Gasteiger partial charge in [0, 0.05) is 61.6 Å². The Bertz CT molecular complexity index is 967. The van der Waals surface area contributed by atoms with Crippen molar-refractivity contribution in [2.24, 2.45) is 0 Å². The molecule has 2 aromatic rings. The number of hydrogen-bond donors (Lipinski definition) is 1. The lowest BCUT2D eigenvalue weighted by molar-refractivity contribution is 0.0759. The maximum atomic E-state index is 12.8. The number of carbonyl (C=O) groups is 3. The minimum absolute atomic E-state index is 0.0219. The van der Waals surface area contributed by atoms with Gasteiger partial charge in [-0.25, -0.2) is 0 Å². The Hall–Kier alpha value is -2.64. The zero-order valence-corrected chi connectivity index (χ0v) is 18.2. The van der Waals surface area contributed by atoms with Gasteiger partial charge in [0.2, 0.25) is 0 Å². The van der Waals surface area contributed by atoms with Crippen molar-refractivity contribution in [3.63, 3.8) is 0 Å². The highest BCUT2D eigenvalue weighted by molar-refractivity contribution is 6.30. The number of Topliss-reactive ketones (excluding diaryl/α,β-unsaturated/α-hetero) is 1. The Balaban J connectivity index is 1.32. The molecule has 164 valence electrons. The van der Waals surface area contributed by atoms with E-state index in [0.717, 1.165) is 38.9 Å². The second kappa shape index (κ2) is 9.66. The van der Waals surface area contributed by atoms with Gasteiger partial charge in [0.05, 0.1) is 6.54 Å². The topological polar surface area (TPSA) is 76.7 Å². The third-order valence-corrected chi connectivity index (χ3v) is 6.18. The number of ketones is 1. The third kappa shape index (κ3) is 5.17. The van der Waals surface area contributed by atoms with Crippen LogP contribution in [0.1, 0.15) is 50.5 Å². The molecule has 1 N–H and O–H groups in total. The normalized spacial score (nSPS) is 17.6. The number of nitrogens with one attached hydrogen (secondary N) is 1. The van der Waals surface area contributed by atoms with Crippen LogP contribution in [-0.4, -0.2) is 83.1 Å². The van der Waals surface area contributed by atoms with Gasteiger partial charge in [-0.2, -0.15) is 0 Å². The van der Waals surface area contributed by atoms with E-state index in [9.17, 15) is 14.4 Å². The van der Waals surface area contributed by atoms with Crippen molar-refractivity contribution in [3.8, 4) is 0 Å². The molecule has 2 amide bonds. The average Bonchev–Trinajstić information content (AvgIpc) is 3.43. The van der Waals surface area contributed by atoms with Crippen molar-refractivity contribution < 1.29 is 14.4 Å². The summed E-state index contributed by atoms with van der Waals surface area (Å²) in [6.07, 6.45) is 4.48. The zero-order valence-electron chi connectivity index (χ0n) is 17.5. The second-order valence-electron chi connectivity index (χ2n) is 8.16. The van der Waals surface area contributed by atoms with Gasteiger partial charge in [-0.15, -0.1) is 0 Å². The van der Waals surface area contributed by atoms with E-state index in [1.165, 1.54) is 0 Å². The smallest absolute Gasteiger partial charge is 0.270 e. The van der Waals surface area contributed by atoms with Crippen molar-refractivity contribution in [3.05, 3.63) is 58.4 Å². The second-order valence-corrected chi connectivity index (χ2v) is 8.59. The number of aromatic amines is 1. The summed E-state index contributed by atoms with van der Waals surface area (Å²) in [6.45, 7) is 4.41. The van der Waals surface area contributed by atoms with E-state index >= 15 is 0 Å². The van der Waals surface area contributed by atoms with Crippen LogP contribution in [0.2, 0.25) is 5.02 Å². The monoisotopic (exact) mass is 442 g/mol. The van der Waals surface area contributed by atoms with Gasteiger partial charge in [0.1, 0.15) is 5.69 Å². The fourth-order valence-electron chi connectivity index (χ4n) is 4.20. The summed E-state index contributed by atoms with van der Waals surface area (Å²) >= 11 is 6.01. The van der Waals surface area contributed by atoms with Crippen molar-refractivity contribution in [2.45, 2.75) is 19.3 Å². The Morgan fingerprint density at radius 3 is 2.35 bits per heavy atom. The van der Waals surface area contributed by atoms with Crippen LogP contribution in [0.15, 0.2) is 36.5 Å². The van der Waals surface area contributed by atoms with Crippen molar-refractivity contribution in [2.75, 3.05) is 45.8 Å². The molecule has 0 unspecified atom stereocenters. The van der Waals surface area contributed by atoms with E-state index in [-0.39, 0.29) is 24.1 Å². The molecule has 2 saturated heterocycles. The quantitative estimate of drug-likeness (QED) is 0.722. The fourth-order valence-corrected chi connectivity index (χ4v) is 4.39. The maximum Gasteiger partial charge on any atom is 0.270 e. The minimum atomic E-state index is -0.0403. The molecule has 4 rings (SSSR count). The zero-order chi connectivity index (χ0) is 21.8. The van der Waals surface area contributed by atoms with Crippen LogP contribution in [0.3, 0.4) is 0 Å². The van der Waals surface area contributed by atoms with E-state index < -0.39 is 0 Å². The number of rotatable bonds is 5. The number of benzene rings is 1. The van der Waals surface area contributed by atoms with Crippen LogP contribution in [0.5, 0.6) is 0 Å². The summed E-state index contributed by atoms with van der Waals surface area (Å²) in [6, 6.07) is 8.64. The number of amides is 2. The average molecular weight is 443 g/mol. The van der Waals surface area contributed by atoms with Crippen LogP contribution in [0.4, 0.5) is 0 Å². The molecule has 0 radical (unpaired) electrons. The highest BCUT2D eigenvalue weighted by Gasteiger charge is 2.24. The van der Waals surface area contributed by atoms with Crippen molar-refractivity contribution in [1.29, 1.82) is 0 Å². The molecule has 0 bridgehead atoms. The first-order valence-electron chi connectivity index (χ1n) is 10.8. The van der Waals surface area contributed by atoms with Crippen LogP contribution < -0.4 is 0 Å². The van der Waals surface area contributed by atoms with Crippen LogP contribution in [0.25, 0.3) is 0 Å².